The number of carbonyl (C=O) groups is 2. The number of halogens is 2. The van der Waals surface area contributed by atoms with Crippen LogP contribution in [0.3, 0.4) is 0 Å². The molecule has 0 bridgehead atoms. The zero-order valence-electron chi connectivity index (χ0n) is 17.0. The van der Waals surface area contributed by atoms with E-state index in [0.717, 1.165) is 29.1 Å². The SMILES string of the molecule is CC(=O)O.Clc1ccccc1.O=C1COCC(c2ccc(Cl)cc2)N1CC1CCC1. The van der Waals surface area contributed by atoms with Gasteiger partial charge in [0, 0.05) is 23.5 Å². The molecular formula is C23H27Cl2NO4. The first-order valence-corrected chi connectivity index (χ1v) is 10.6. The van der Waals surface area contributed by atoms with Gasteiger partial charge in [-0.15, -0.1) is 0 Å². The van der Waals surface area contributed by atoms with Crippen molar-refractivity contribution in [3.05, 3.63) is 70.2 Å². The number of amides is 1. The monoisotopic (exact) mass is 451 g/mol. The van der Waals surface area contributed by atoms with Crippen molar-refractivity contribution >= 4 is 35.1 Å². The smallest absolute Gasteiger partial charge is 0.300 e. The molecule has 2 aliphatic rings. The number of carboxylic acids is 1. The first-order valence-electron chi connectivity index (χ1n) is 9.89. The first-order chi connectivity index (χ1) is 14.4. The Morgan fingerprint density at radius 3 is 2.10 bits per heavy atom. The summed E-state index contributed by atoms with van der Waals surface area (Å²) in [5.41, 5.74) is 1.11. The Balaban J connectivity index is 0.000000241. The molecule has 30 heavy (non-hydrogen) atoms. The molecule has 7 heteroatoms. The van der Waals surface area contributed by atoms with Gasteiger partial charge in [0.1, 0.15) is 6.61 Å². The van der Waals surface area contributed by atoms with E-state index in [0.29, 0.717) is 12.5 Å². The third-order valence-corrected chi connectivity index (χ3v) is 5.37. The predicted molar refractivity (Wildman–Crippen MR) is 119 cm³/mol. The van der Waals surface area contributed by atoms with E-state index in [1.807, 2.05) is 59.5 Å². The van der Waals surface area contributed by atoms with Crippen LogP contribution in [0.2, 0.25) is 10.0 Å². The Kier molecular flexibility index (Phi) is 10.1. The van der Waals surface area contributed by atoms with Crippen LogP contribution in [-0.2, 0) is 14.3 Å². The van der Waals surface area contributed by atoms with Gasteiger partial charge in [-0.25, -0.2) is 0 Å². The van der Waals surface area contributed by atoms with Crippen LogP contribution in [0.25, 0.3) is 0 Å². The number of rotatable bonds is 3. The topological polar surface area (TPSA) is 66.8 Å². The molecule has 0 radical (unpaired) electrons. The summed E-state index contributed by atoms with van der Waals surface area (Å²) in [4.78, 5) is 23.1. The number of ether oxygens (including phenoxy) is 1. The van der Waals surface area contributed by atoms with Gasteiger partial charge in [-0.1, -0.05) is 60.0 Å². The zero-order valence-corrected chi connectivity index (χ0v) is 18.5. The van der Waals surface area contributed by atoms with Gasteiger partial charge in [0.2, 0.25) is 5.91 Å². The van der Waals surface area contributed by atoms with Gasteiger partial charge in [0.25, 0.3) is 5.97 Å². The Hall–Kier alpha value is -2.08. The maximum Gasteiger partial charge on any atom is 0.300 e. The Morgan fingerprint density at radius 2 is 1.63 bits per heavy atom. The fourth-order valence-corrected chi connectivity index (χ4v) is 3.43. The lowest BCUT2D eigenvalue weighted by atomic mass is 9.84. The molecule has 1 saturated carbocycles. The van der Waals surface area contributed by atoms with Crippen LogP contribution in [0.4, 0.5) is 0 Å². The van der Waals surface area contributed by atoms with Crippen LogP contribution in [-0.4, -0.2) is 41.6 Å². The summed E-state index contributed by atoms with van der Waals surface area (Å²) < 4.78 is 5.42. The lowest BCUT2D eigenvalue weighted by Gasteiger charge is -2.40. The van der Waals surface area contributed by atoms with Crippen molar-refractivity contribution in [1.29, 1.82) is 0 Å². The highest BCUT2D eigenvalue weighted by atomic mass is 35.5. The maximum absolute atomic E-state index is 12.1. The van der Waals surface area contributed by atoms with Crippen molar-refractivity contribution in [2.45, 2.75) is 32.2 Å². The lowest BCUT2D eigenvalue weighted by Crippen LogP contribution is -2.47. The first kappa shape index (κ1) is 24.2. The molecule has 2 aromatic carbocycles. The van der Waals surface area contributed by atoms with E-state index in [1.54, 1.807) is 0 Å². The van der Waals surface area contributed by atoms with Crippen molar-refractivity contribution in [3.8, 4) is 0 Å². The molecule has 2 fully saturated rings. The predicted octanol–water partition coefficient (Wildman–Crippen LogP) is 5.47. The minimum absolute atomic E-state index is 0.0408. The Labute approximate surface area is 187 Å². The molecule has 5 nitrogen and oxygen atoms in total. The number of hydrogen-bond donors (Lipinski definition) is 1. The maximum atomic E-state index is 12.1. The van der Waals surface area contributed by atoms with E-state index in [2.05, 4.69) is 0 Å². The molecule has 4 rings (SSSR count). The number of hydrogen-bond acceptors (Lipinski definition) is 3. The fourth-order valence-electron chi connectivity index (χ4n) is 3.16. The fraction of sp³-hybridized carbons (Fsp3) is 0.391. The second kappa shape index (κ2) is 12.6. The summed E-state index contributed by atoms with van der Waals surface area (Å²) in [6.45, 7) is 2.76. The van der Waals surface area contributed by atoms with E-state index >= 15 is 0 Å². The average Bonchev–Trinajstić information content (AvgIpc) is 2.67. The third-order valence-electron chi connectivity index (χ3n) is 4.87. The van der Waals surface area contributed by atoms with Crippen molar-refractivity contribution in [2.75, 3.05) is 19.8 Å². The van der Waals surface area contributed by atoms with Gasteiger partial charge in [-0.2, -0.15) is 0 Å². The minimum Gasteiger partial charge on any atom is -0.481 e. The minimum atomic E-state index is -0.833. The van der Waals surface area contributed by atoms with Crippen LogP contribution >= 0.6 is 23.2 Å². The molecule has 1 N–H and O–H groups in total. The molecule has 1 aliphatic heterocycles. The molecule has 2 aromatic rings. The highest BCUT2D eigenvalue weighted by Crippen LogP contribution is 2.32. The number of carbonyl (C=O) groups excluding carboxylic acids is 1. The standard InChI is InChI=1S/C15H18ClNO2.C6H5Cl.C2H4O2/c16-13-6-4-12(5-7-13)14-9-19-10-15(18)17(14)8-11-2-1-3-11;7-6-4-2-1-3-5-6;1-2(3)4/h4-7,11,14H,1-3,8-10H2;1-5H;1H3,(H,3,4). The van der Waals surface area contributed by atoms with Gasteiger partial charge in [0.05, 0.1) is 12.6 Å². The number of nitrogens with zero attached hydrogens (tertiary/aromatic N) is 1. The van der Waals surface area contributed by atoms with Crippen LogP contribution in [0, 0.1) is 5.92 Å². The van der Waals surface area contributed by atoms with Crippen molar-refractivity contribution in [2.24, 2.45) is 5.92 Å². The molecule has 1 atom stereocenters. The average molecular weight is 452 g/mol. The van der Waals surface area contributed by atoms with E-state index < -0.39 is 5.97 Å². The second-order valence-corrected chi connectivity index (χ2v) is 8.11. The van der Waals surface area contributed by atoms with Gasteiger partial charge < -0.3 is 14.7 Å². The zero-order chi connectivity index (χ0) is 21.9. The summed E-state index contributed by atoms with van der Waals surface area (Å²) in [6.07, 6.45) is 3.80. The number of morpholine rings is 1. The number of benzene rings is 2. The molecule has 1 heterocycles. The summed E-state index contributed by atoms with van der Waals surface area (Å²) >= 11 is 11.5. The van der Waals surface area contributed by atoms with E-state index in [-0.39, 0.29) is 18.6 Å². The lowest BCUT2D eigenvalue weighted by molar-refractivity contribution is -0.150. The van der Waals surface area contributed by atoms with Crippen LogP contribution in [0.5, 0.6) is 0 Å². The van der Waals surface area contributed by atoms with Crippen molar-refractivity contribution in [3.63, 3.8) is 0 Å². The normalized spacial score (nSPS) is 18.3. The second-order valence-electron chi connectivity index (χ2n) is 7.24. The van der Waals surface area contributed by atoms with Gasteiger partial charge in [-0.3, -0.25) is 9.59 Å². The highest BCUT2D eigenvalue weighted by molar-refractivity contribution is 6.30. The summed E-state index contributed by atoms with van der Waals surface area (Å²) in [6, 6.07) is 17.2. The number of carboxylic acid groups (broad SMARTS) is 1. The van der Waals surface area contributed by atoms with Crippen molar-refractivity contribution < 1.29 is 19.4 Å². The van der Waals surface area contributed by atoms with Crippen LogP contribution < -0.4 is 0 Å². The van der Waals surface area contributed by atoms with Crippen LogP contribution in [0.1, 0.15) is 37.8 Å². The molecule has 0 spiro atoms. The van der Waals surface area contributed by atoms with Gasteiger partial charge in [-0.05, 0) is 48.6 Å². The summed E-state index contributed by atoms with van der Waals surface area (Å²) in [5.74, 6) is -0.0463. The molecule has 0 aromatic heterocycles. The molecule has 1 amide bonds. The molecular weight excluding hydrogens is 425 g/mol. The molecule has 1 saturated heterocycles. The molecule has 1 aliphatic carbocycles. The highest BCUT2D eigenvalue weighted by Gasteiger charge is 2.33. The largest absolute Gasteiger partial charge is 0.481 e. The van der Waals surface area contributed by atoms with Crippen molar-refractivity contribution in [1.82, 2.24) is 4.90 Å². The summed E-state index contributed by atoms with van der Waals surface area (Å²) in [7, 11) is 0. The Bertz CT molecular complexity index is 791. The Morgan fingerprint density at radius 1 is 1.07 bits per heavy atom. The van der Waals surface area contributed by atoms with E-state index in [4.69, 9.17) is 37.8 Å². The van der Waals surface area contributed by atoms with Crippen LogP contribution in [0.15, 0.2) is 54.6 Å². The van der Waals surface area contributed by atoms with Gasteiger partial charge in [0.15, 0.2) is 0 Å². The van der Waals surface area contributed by atoms with E-state index in [9.17, 15) is 4.79 Å². The van der Waals surface area contributed by atoms with Gasteiger partial charge >= 0.3 is 0 Å². The molecule has 162 valence electrons. The number of aliphatic carboxylic acids is 1. The third kappa shape index (κ3) is 8.34. The molecule has 1 unspecified atom stereocenters. The van der Waals surface area contributed by atoms with E-state index in [1.165, 1.54) is 19.3 Å². The quantitative estimate of drug-likeness (QED) is 0.671. The summed E-state index contributed by atoms with van der Waals surface area (Å²) in [5, 5.41) is 8.93.